The van der Waals surface area contributed by atoms with Crippen LogP contribution in [0.5, 0.6) is 0 Å². The van der Waals surface area contributed by atoms with Crippen LogP contribution >= 0.6 is 0 Å². The molecule has 0 radical (unpaired) electrons. The Balaban J connectivity index is 0.000000214. The van der Waals surface area contributed by atoms with Crippen molar-refractivity contribution in [1.29, 1.82) is 0 Å². The van der Waals surface area contributed by atoms with Crippen LogP contribution in [0.15, 0.2) is 72.8 Å². The van der Waals surface area contributed by atoms with Crippen LogP contribution in [0, 0.1) is 0 Å². The molecule has 0 atom stereocenters. The third-order valence-corrected chi connectivity index (χ3v) is 19.6. The molecule has 6 rings (SSSR count). The molecule has 0 nitrogen and oxygen atoms in total. The van der Waals surface area contributed by atoms with Crippen molar-refractivity contribution in [3.63, 3.8) is 0 Å². The summed E-state index contributed by atoms with van der Waals surface area (Å²) in [6.45, 7) is 4.79. The molecular formula is C28H34Cl2HfSi2. The smallest absolute Gasteiger partial charge is 1.00 e. The fourth-order valence-electron chi connectivity index (χ4n) is 6.06. The fourth-order valence-corrected chi connectivity index (χ4v) is 14.2. The predicted octanol–water partition coefficient (Wildman–Crippen LogP) is 1.28. The van der Waals surface area contributed by atoms with Crippen molar-refractivity contribution in [2.24, 2.45) is 0 Å². The largest absolute Gasteiger partial charge is 4.00 e. The summed E-state index contributed by atoms with van der Waals surface area (Å²) >= 11 is 0. The van der Waals surface area contributed by atoms with E-state index in [1.165, 1.54) is 59.9 Å². The maximum atomic E-state index is 2.42. The number of fused-ring (bicyclic) bond motifs is 2. The Morgan fingerprint density at radius 1 is 0.606 bits per heavy atom. The van der Waals surface area contributed by atoms with Crippen LogP contribution in [-0.4, -0.2) is 16.1 Å². The monoisotopic (exact) mass is 676 g/mol. The molecule has 0 spiro atoms. The first-order valence-electron chi connectivity index (χ1n) is 12.0. The Morgan fingerprint density at radius 3 is 1.27 bits per heavy atom. The Morgan fingerprint density at radius 2 is 0.970 bits per heavy atom. The topological polar surface area (TPSA) is 0 Å². The second-order valence-corrected chi connectivity index (χ2v) is 19.3. The minimum Gasteiger partial charge on any atom is -1.00 e. The molecule has 2 aliphatic rings. The zero-order valence-electron chi connectivity index (χ0n) is 19.8. The molecule has 0 N–H and O–H groups in total. The predicted molar refractivity (Wildman–Crippen MR) is 139 cm³/mol. The van der Waals surface area contributed by atoms with Gasteiger partial charge < -0.3 is 24.8 Å². The molecule has 2 saturated heterocycles. The number of hydrogen-bond acceptors (Lipinski definition) is 0. The number of rotatable bonds is 4. The summed E-state index contributed by atoms with van der Waals surface area (Å²) in [7, 11) is -2.01. The van der Waals surface area contributed by atoms with E-state index in [9.17, 15) is 0 Å². The Kier molecular flexibility index (Phi) is 10.5. The van der Waals surface area contributed by atoms with Gasteiger partial charge in [-0.25, -0.2) is 0 Å². The maximum Gasteiger partial charge on any atom is 4.00 e. The van der Waals surface area contributed by atoms with Gasteiger partial charge in [-0.2, -0.15) is 24.3 Å². The van der Waals surface area contributed by atoms with E-state index in [4.69, 9.17) is 0 Å². The van der Waals surface area contributed by atoms with Gasteiger partial charge in [0.25, 0.3) is 0 Å². The van der Waals surface area contributed by atoms with E-state index in [1.54, 1.807) is 21.1 Å². The van der Waals surface area contributed by atoms with Gasteiger partial charge in [0.2, 0.25) is 0 Å². The number of halogens is 2. The van der Waals surface area contributed by atoms with Crippen LogP contribution < -0.4 is 35.2 Å². The molecule has 0 unspecified atom stereocenters. The van der Waals surface area contributed by atoms with Crippen molar-refractivity contribution < 1.29 is 50.7 Å². The summed E-state index contributed by atoms with van der Waals surface area (Å²) < 4.78 is 0. The van der Waals surface area contributed by atoms with E-state index in [0.717, 1.165) is 0 Å². The van der Waals surface area contributed by atoms with Gasteiger partial charge in [0.15, 0.2) is 0 Å². The maximum absolute atomic E-state index is 2.42. The van der Waals surface area contributed by atoms with Gasteiger partial charge in [0.05, 0.1) is 0 Å². The zero-order valence-corrected chi connectivity index (χ0v) is 26.9. The van der Waals surface area contributed by atoms with Crippen molar-refractivity contribution in [1.82, 2.24) is 0 Å². The molecule has 2 heterocycles. The molecule has 0 aromatic heterocycles. The summed E-state index contributed by atoms with van der Waals surface area (Å²) in [6.07, 6.45) is 2.94. The van der Waals surface area contributed by atoms with E-state index < -0.39 is 16.1 Å². The zero-order chi connectivity index (χ0) is 20.6. The van der Waals surface area contributed by atoms with Crippen LogP contribution in [0.25, 0.3) is 21.5 Å². The molecule has 4 aromatic rings. The molecule has 0 amide bonds. The van der Waals surface area contributed by atoms with Gasteiger partial charge in [-0.3, -0.25) is 0 Å². The molecule has 0 aliphatic carbocycles. The van der Waals surface area contributed by atoms with Gasteiger partial charge in [0, 0.05) is 16.1 Å². The minimum absolute atomic E-state index is 0. The van der Waals surface area contributed by atoms with Crippen molar-refractivity contribution in [3.8, 4) is 0 Å². The van der Waals surface area contributed by atoms with E-state index >= 15 is 0 Å². The molecule has 2 aliphatic heterocycles. The Labute approximate surface area is 232 Å². The molecule has 2 fully saturated rings. The third-order valence-electron chi connectivity index (χ3n) is 8.48. The normalized spacial score (nSPS) is 17.3. The molecule has 5 heteroatoms. The molecule has 4 aromatic carbocycles. The van der Waals surface area contributed by atoms with Crippen molar-refractivity contribution >= 4 is 48.1 Å². The Hall–Kier alpha value is -0.456. The third kappa shape index (κ3) is 5.09. The van der Waals surface area contributed by atoms with E-state index in [2.05, 4.69) is 86.6 Å². The summed E-state index contributed by atoms with van der Waals surface area (Å²) in [5.41, 5.74) is 0. The van der Waals surface area contributed by atoms with Gasteiger partial charge in [0.1, 0.15) is 0 Å². The summed E-state index contributed by atoms with van der Waals surface area (Å²) in [5, 5.41) is 9.47. The van der Waals surface area contributed by atoms with Crippen molar-refractivity contribution in [2.75, 3.05) is 0 Å². The fraction of sp³-hybridized carbons (Fsp3) is 0.357. The van der Waals surface area contributed by atoms with Gasteiger partial charge in [-0.1, -0.05) is 75.1 Å². The molecule has 172 valence electrons. The number of benzene rings is 2. The molecule has 0 bridgehead atoms. The second-order valence-electron chi connectivity index (χ2n) is 9.64. The molecule has 33 heavy (non-hydrogen) atoms. The van der Waals surface area contributed by atoms with Gasteiger partial charge in [-0.15, -0.1) is 68.3 Å². The van der Waals surface area contributed by atoms with Crippen molar-refractivity contribution in [2.45, 2.75) is 63.0 Å². The van der Waals surface area contributed by atoms with E-state index in [0.29, 0.717) is 0 Å². The first-order valence-corrected chi connectivity index (χ1v) is 17.3. The van der Waals surface area contributed by atoms with Gasteiger partial charge >= 0.3 is 25.8 Å². The van der Waals surface area contributed by atoms with Crippen LogP contribution in [0.1, 0.15) is 26.7 Å². The first-order chi connectivity index (χ1) is 14.7. The first kappa shape index (κ1) is 28.8. The van der Waals surface area contributed by atoms with Crippen LogP contribution in [0.4, 0.5) is 0 Å². The summed E-state index contributed by atoms with van der Waals surface area (Å²) in [6, 6.07) is 36.2. The second kappa shape index (κ2) is 12.0. The van der Waals surface area contributed by atoms with Crippen molar-refractivity contribution in [3.05, 3.63) is 72.8 Å². The van der Waals surface area contributed by atoms with E-state index in [1.807, 2.05) is 0 Å². The summed E-state index contributed by atoms with van der Waals surface area (Å²) in [5.74, 6) is 0. The van der Waals surface area contributed by atoms with E-state index in [-0.39, 0.29) is 50.7 Å². The molecule has 0 saturated carbocycles. The quantitative estimate of drug-likeness (QED) is 0.226. The van der Waals surface area contributed by atoms with Crippen LogP contribution in [0.3, 0.4) is 0 Å². The molecular weight excluding hydrogens is 642 g/mol. The number of hydrogen-bond donors (Lipinski definition) is 0. The minimum atomic E-state index is -1.01. The average molecular weight is 676 g/mol. The standard InChI is InChI=1S/2C14H17Si.2ClH.Hf/c2*1-2-15(10-5-11-15)14-9-8-12-6-3-4-7-13(12)14;;;/h2*3-4,6-9H,2,5,10-11H2,1H3;2*1H;/q2*-1;;;+4/p-2. The van der Waals surface area contributed by atoms with Crippen LogP contribution in [0.2, 0.25) is 36.3 Å². The average Bonchev–Trinajstić information content (AvgIpc) is 3.34. The summed E-state index contributed by atoms with van der Waals surface area (Å²) in [4.78, 5) is 0. The van der Waals surface area contributed by atoms with Crippen LogP contribution in [-0.2, 0) is 25.8 Å². The Bertz CT molecular complexity index is 1050. The SMILES string of the molecule is CC[Si]1([c-]2ccc3ccccc32)CCC1.CC[Si]1([c-]2ccc3ccccc32)CCC1.[Cl-].[Cl-].[Hf+4]. The van der Waals surface area contributed by atoms with Gasteiger partial charge in [-0.05, 0) is 0 Å².